The van der Waals surface area contributed by atoms with Crippen LogP contribution in [0.3, 0.4) is 0 Å². The van der Waals surface area contributed by atoms with Crippen LogP contribution in [0.4, 0.5) is 5.82 Å². The maximum Gasteiger partial charge on any atom is 0.263 e. The van der Waals surface area contributed by atoms with Gasteiger partial charge in [0.15, 0.2) is 0 Å². The molecule has 0 radical (unpaired) electrons. The van der Waals surface area contributed by atoms with E-state index in [2.05, 4.69) is 28.5 Å². The molecule has 2 aromatic rings. The van der Waals surface area contributed by atoms with Gasteiger partial charge in [-0.15, -0.1) is 0 Å². The molecule has 0 spiro atoms. The molecular weight excluding hydrogens is 310 g/mol. The number of nitrogens with zero attached hydrogens (tertiary/aromatic N) is 2. The van der Waals surface area contributed by atoms with Crippen LogP contribution in [0.15, 0.2) is 41.6 Å². The molecule has 7 heteroatoms. The van der Waals surface area contributed by atoms with Gasteiger partial charge >= 0.3 is 0 Å². The molecule has 0 fully saturated rings. The first kappa shape index (κ1) is 15.7. The summed E-state index contributed by atoms with van der Waals surface area (Å²) in [6.07, 6.45) is 2.20. The van der Waals surface area contributed by atoms with Crippen molar-refractivity contribution >= 4 is 27.4 Å². The summed E-state index contributed by atoms with van der Waals surface area (Å²) in [7, 11) is -3.68. The van der Waals surface area contributed by atoms with Gasteiger partial charge in [0.05, 0.1) is 4.90 Å². The smallest absolute Gasteiger partial charge is 0.263 e. The zero-order valence-corrected chi connectivity index (χ0v) is 13.3. The molecule has 0 aliphatic rings. The molecule has 1 heterocycles. The number of nitrogens with one attached hydrogen (secondary N) is 1. The molecule has 1 aromatic carbocycles. The summed E-state index contributed by atoms with van der Waals surface area (Å²) >= 11 is 5.71. The largest absolute Gasteiger partial charge is 0.263 e. The van der Waals surface area contributed by atoms with Crippen molar-refractivity contribution in [3.05, 3.63) is 47.4 Å². The number of hydrogen-bond donors (Lipinski definition) is 1. The average molecular weight is 326 g/mol. The lowest BCUT2D eigenvalue weighted by molar-refractivity contribution is 0.601. The molecule has 0 amide bonds. The van der Waals surface area contributed by atoms with Gasteiger partial charge in [-0.3, -0.25) is 4.72 Å². The quantitative estimate of drug-likeness (QED) is 0.855. The minimum absolute atomic E-state index is 0.140. The van der Waals surface area contributed by atoms with Gasteiger partial charge in [-0.25, -0.2) is 18.4 Å². The maximum absolute atomic E-state index is 12.2. The number of hydrogen-bond acceptors (Lipinski definition) is 4. The van der Waals surface area contributed by atoms with E-state index >= 15 is 0 Å². The highest BCUT2D eigenvalue weighted by Gasteiger charge is 2.15. The van der Waals surface area contributed by atoms with E-state index in [1.165, 1.54) is 12.4 Å². The fourth-order valence-corrected chi connectivity index (χ4v) is 2.94. The predicted molar refractivity (Wildman–Crippen MR) is 83.0 cm³/mol. The third kappa shape index (κ3) is 3.92. The second-order valence-corrected chi connectivity index (χ2v) is 6.78. The molecule has 0 saturated carbocycles. The molecular formula is C14H16ClN3O2S. The minimum Gasteiger partial charge on any atom is -0.263 e. The van der Waals surface area contributed by atoms with Crippen LogP contribution >= 0.6 is 11.6 Å². The summed E-state index contributed by atoms with van der Waals surface area (Å²) in [6.45, 7) is 4.19. The van der Waals surface area contributed by atoms with Crippen LogP contribution < -0.4 is 4.72 Å². The molecule has 5 nitrogen and oxygen atoms in total. The second-order valence-electron chi connectivity index (χ2n) is 4.71. The Morgan fingerprint density at radius 2 is 1.90 bits per heavy atom. The van der Waals surface area contributed by atoms with Crippen LogP contribution in [0.25, 0.3) is 0 Å². The van der Waals surface area contributed by atoms with E-state index in [1.54, 1.807) is 12.1 Å². The van der Waals surface area contributed by atoms with Crippen molar-refractivity contribution in [1.29, 1.82) is 0 Å². The third-order valence-electron chi connectivity index (χ3n) is 3.24. The number of anilines is 1. The Balaban J connectivity index is 2.23. The molecule has 2 rings (SSSR count). The highest BCUT2D eigenvalue weighted by atomic mass is 35.5. The predicted octanol–water partition coefficient (Wildman–Crippen LogP) is 3.44. The zero-order valence-electron chi connectivity index (χ0n) is 11.7. The lowest BCUT2D eigenvalue weighted by Crippen LogP contribution is -2.14. The van der Waals surface area contributed by atoms with Crippen molar-refractivity contribution in [2.75, 3.05) is 4.72 Å². The summed E-state index contributed by atoms with van der Waals surface area (Å²) in [4.78, 5) is 7.71. The van der Waals surface area contributed by atoms with Gasteiger partial charge in [0.25, 0.3) is 10.0 Å². The summed E-state index contributed by atoms with van der Waals surface area (Å²) in [5, 5.41) is 0.176. The van der Waals surface area contributed by atoms with E-state index in [4.69, 9.17) is 11.6 Å². The van der Waals surface area contributed by atoms with Gasteiger partial charge < -0.3 is 0 Å². The van der Waals surface area contributed by atoms with E-state index in [-0.39, 0.29) is 15.9 Å². The molecule has 1 aromatic heterocycles. The van der Waals surface area contributed by atoms with Gasteiger partial charge in [0, 0.05) is 6.07 Å². The molecule has 1 N–H and O–H groups in total. The monoisotopic (exact) mass is 325 g/mol. The van der Waals surface area contributed by atoms with Gasteiger partial charge in [0.1, 0.15) is 17.3 Å². The molecule has 112 valence electrons. The van der Waals surface area contributed by atoms with Gasteiger partial charge in [-0.2, -0.15) is 0 Å². The Kier molecular flexibility index (Phi) is 4.80. The fourth-order valence-electron chi connectivity index (χ4n) is 1.80. The fraction of sp³-hybridized carbons (Fsp3) is 0.286. The van der Waals surface area contributed by atoms with Gasteiger partial charge in [0.2, 0.25) is 0 Å². The number of rotatable bonds is 5. The lowest BCUT2D eigenvalue weighted by Gasteiger charge is -2.11. The average Bonchev–Trinajstić information content (AvgIpc) is 2.46. The number of halogens is 1. The lowest BCUT2D eigenvalue weighted by atomic mass is 9.99. The van der Waals surface area contributed by atoms with Crippen LogP contribution in [-0.2, 0) is 10.0 Å². The van der Waals surface area contributed by atoms with Crippen molar-refractivity contribution in [1.82, 2.24) is 9.97 Å². The highest BCUT2D eigenvalue weighted by Crippen LogP contribution is 2.21. The molecule has 1 unspecified atom stereocenters. The van der Waals surface area contributed by atoms with Crippen LogP contribution in [0.5, 0.6) is 0 Å². The number of benzene rings is 1. The summed E-state index contributed by atoms with van der Waals surface area (Å²) < 4.78 is 26.9. The molecule has 1 atom stereocenters. The Hall–Kier alpha value is -1.66. The van der Waals surface area contributed by atoms with E-state index in [9.17, 15) is 8.42 Å². The first-order chi connectivity index (χ1) is 9.92. The van der Waals surface area contributed by atoms with E-state index < -0.39 is 10.0 Å². The first-order valence-corrected chi connectivity index (χ1v) is 8.39. The first-order valence-electron chi connectivity index (χ1n) is 6.52. The standard InChI is InChI=1S/C14H16ClN3O2S/c1-3-10(2)11-4-6-12(7-5-11)21(19,20)18-14-8-13(15)16-9-17-14/h4-10H,3H2,1-2H3,(H,16,17,18). The number of aromatic nitrogens is 2. The van der Waals surface area contributed by atoms with Gasteiger partial charge in [-0.05, 0) is 30.0 Å². The van der Waals surface area contributed by atoms with Crippen LogP contribution in [0, 0.1) is 0 Å². The Morgan fingerprint density at radius 3 is 2.48 bits per heavy atom. The van der Waals surface area contributed by atoms with Crippen molar-refractivity contribution in [2.24, 2.45) is 0 Å². The Morgan fingerprint density at radius 1 is 1.24 bits per heavy atom. The zero-order chi connectivity index (χ0) is 15.5. The SMILES string of the molecule is CCC(C)c1ccc(S(=O)(=O)Nc2cc(Cl)ncn2)cc1. The molecule has 21 heavy (non-hydrogen) atoms. The topological polar surface area (TPSA) is 72.0 Å². The summed E-state index contributed by atoms with van der Waals surface area (Å²) in [5.74, 6) is 0.538. The van der Waals surface area contributed by atoms with Crippen molar-refractivity contribution in [3.8, 4) is 0 Å². The van der Waals surface area contributed by atoms with Crippen molar-refractivity contribution in [2.45, 2.75) is 31.1 Å². The van der Waals surface area contributed by atoms with Crippen molar-refractivity contribution in [3.63, 3.8) is 0 Å². The summed E-state index contributed by atoms with van der Waals surface area (Å²) in [5.41, 5.74) is 1.11. The third-order valence-corrected chi connectivity index (χ3v) is 4.82. The van der Waals surface area contributed by atoms with Crippen LogP contribution in [0.2, 0.25) is 5.15 Å². The minimum atomic E-state index is -3.68. The van der Waals surface area contributed by atoms with Crippen LogP contribution in [0.1, 0.15) is 31.7 Å². The highest BCUT2D eigenvalue weighted by molar-refractivity contribution is 7.92. The van der Waals surface area contributed by atoms with E-state index in [0.29, 0.717) is 5.92 Å². The van der Waals surface area contributed by atoms with Crippen molar-refractivity contribution < 1.29 is 8.42 Å². The van der Waals surface area contributed by atoms with Crippen LogP contribution in [-0.4, -0.2) is 18.4 Å². The number of sulfonamides is 1. The molecule has 0 aliphatic carbocycles. The van der Waals surface area contributed by atoms with E-state index in [0.717, 1.165) is 12.0 Å². The molecule has 0 aliphatic heterocycles. The van der Waals surface area contributed by atoms with Gasteiger partial charge in [-0.1, -0.05) is 37.6 Å². The maximum atomic E-state index is 12.2. The Labute approximate surface area is 129 Å². The second kappa shape index (κ2) is 6.41. The normalized spacial score (nSPS) is 12.9. The Bertz CT molecular complexity index is 717. The van der Waals surface area contributed by atoms with E-state index in [1.807, 2.05) is 12.1 Å². The summed E-state index contributed by atoms with van der Waals surface area (Å²) in [6, 6.07) is 8.19. The molecule has 0 saturated heterocycles. The molecule has 0 bridgehead atoms.